The number of aromatic nitrogens is 2. The predicted octanol–water partition coefficient (Wildman–Crippen LogP) is 2.26. The molecule has 0 aliphatic carbocycles. The Morgan fingerprint density at radius 1 is 1.42 bits per heavy atom. The largest absolute Gasteiger partial charge is 0.462 e. The minimum absolute atomic E-state index is 0.323. The summed E-state index contributed by atoms with van der Waals surface area (Å²) in [4.78, 5) is 19.2. The number of rotatable bonds is 3. The van der Waals surface area contributed by atoms with Gasteiger partial charge in [0.1, 0.15) is 29.3 Å². The molecule has 0 fully saturated rings. The number of nitrogens with zero attached hydrogens (tertiary/aromatic N) is 1. The number of carbonyl (C=O) groups is 1. The van der Waals surface area contributed by atoms with Crippen molar-refractivity contribution in [1.82, 2.24) is 9.97 Å². The number of aromatic amines is 1. The summed E-state index contributed by atoms with van der Waals surface area (Å²) >= 11 is 0. The number of pyridine rings is 1. The lowest BCUT2D eigenvalue weighted by Crippen LogP contribution is -2.05. The lowest BCUT2D eigenvalue weighted by atomic mass is 10.2. The first kappa shape index (κ1) is 11.6. The van der Waals surface area contributed by atoms with Crippen molar-refractivity contribution >= 4 is 17.0 Å². The quantitative estimate of drug-likeness (QED) is 0.857. The zero-order chi connectivity index (χ0) is 13.2. The molecule has 2 aromatic rings. The zero-order valence-electron chi connectivity index (χ0n) is 10.3. The van der Waals surface area contributed by atoms with Crippen LogP contribution in [0, 0.1) is 0 Å². The summed E-state index contributed by atoms with van der Waals surface area (Å²) in [5.74, 6) is -0.398. The van der Waals surface area contributed by atoms with Crippen molar-refractivity contribution in [2.75, 3.05) is 6.61 Å². The fraction of sp³-hybridized carbons (Fsp3) is 0.231. The van der Waals surface area contributed by atoms with Gasteiger partial charge in [-0.3, -0.25) is 0 Å². The SMILES string of the molecule is CCOC(=O)c1c[nH]c2ccc(C3OC=CO3)nc12. The van der Waals surface area contributed by atoms with Gasteiger partial charge in [-0.15, -0.1) is 0 Å². The Balaban J connectivity index is 2.00. The molecule has 0 radical (unpaired) electrons. The van der Waals surface area contributed by atoms with Gasteiger partial charge in [0, 0.05) is 6.20 Å². The Kier molecular flexibility index (Phi) is 2.83. The predicted molar refractivity (Wildman–Crippen MR) is 66.1 cm³/mol. The molecule has 3 rings (SSSR count). The minimum atomic E-state index is -0.561. The molecule has 3 heterocycles. The third-order valence-electron chi connectivity index (χ3n) is 2.74. The monoisotopic (exact) mass is 260 g/mol. The van der Waals surface area contributed by atoms with E-state index in [0.717, 1.165) is 5.52 Å². The van der Waals surface area contributed by atoms with Crippen molar-refractivity contribution in [3.8, 4) is 0 Å². The van der Waals surface area contributed by atoms with E-state index in [-0.39, 0.29) is 0 Å². The summed E-state index contributed by atoms with van der Waals surface area (Å²) in [5, 5.41) is 0. The Morgan fingerprint density at radius 3 is 2.95 bits per heavy atom. The van der Waals surface area contributed by atoms with Crippen LogP contribution in [-0.2, 0) is 14.2 Å². The number of nitrogens with one attached hydrogen (secondary N) is 1. The number of carbonyl (C=O) groups excluding carboxylic acids is 1. The van der Waals surface area contributed by atoms with Crippen molar-refractivity contribution in [1.29, 1.82) is 0 Å². The highest BCUT2D eigenvalue weighted by Gasteiger charge is 2.20. The standard InChI is InChI=1S/C13H12N2O4/c1-2-17-12(16)8-7-14-9-3-4-10(15-11(8)9)13-18-5-6-19-13/h3-7,13-14H,2H2,1H3. The van der Waals surface area contributed by atoms with Crippen LogP contribution < -0.4 is 0 Å². The van der Waals surface area contributed by atoms with Crippen LogP contribution in [0.4, 0.5) is 0 Å². The van der Waals surface area contributed by atoms with Crippen LogP contribution in [0.15, 0.2) is 30.9 Å². The maximum atomic E-state index is 11.8. The Bertz CT molecular complexity index is 639. The van der Waals surface area contributed by atoms with E-state index in [9.17, 15) is 4.79 Å². The molecule has 19 heavy (non-hydrogen) atoms. The second-order valence-electron chi connectivity index (χ2n) is 3.93. The van der Waals surface area contributed by atoms with Crippen molar-refractivity contribution in [2.24, 2.45) is 0 Å². The number of esters is 1. The first-order valence-electron chi connectivity index (χ1n) is 5.90. The average Bonchev–Trinajstić information content (AvgIpc) is 3.07. The summed E-state index contributed by atoms with van der Waals surface area (Å²) < 4.78 is 15.4. The van der Waals surface area contributed by atoms with Crippen molar-refractivity contribution in [3.63, 3.8) is 0 Å². The van der Waals surface area contributed by atoms with Gasteiger partial charge in [-0.1, -0.05) is 0 Å². The summed E-state index contributed by atoms with van der Waals surface area (Å²) in [5.41, 5.74) is 2.32. The Hall–Kier alpha value is -2.50. The van der Waals surface area contributed by atoms with Crippen LogP contribution in [0.25, 0.3) is 11.0 Å². The fourth-order valence-electron chi connectivity index (χ4n) is 1.89. The van der Waals surface area contributed by atoms with Crippen LogP contribution in [0.1, 0.15) is 29.3 Å². The molecule has 0 bridgehead atoms. The molecule has 98 valence electrons. The molecule has 2 aromatic heterocycles. The maximum Gasteiger partial charge on any atom is 0.341 e. The van der Waals surface area contributed by atoms with Crippen molar-refractivity contribution in [2.45, 2.75) is 13.2 Å². The average molecular weight is 260 g/mol. The van der Waals surface area contributed by atoms with E-state index in [0.29, 0.717) is 23.4 Å². The van der Waals surface area contributed by atoms with Gasteiger partial charge in [0.25, 0.3) is 6.29 Å². The van der Waals surface area contributed by atoms with E-state index in [1.165, 1.54) is 12.5 Å². The van der Waals surface area contributed by atoms with E-state index < -0.39 is 12.3 Å². The molecular weight excluding hydrogens is 248 g/mol. The highest BCUT2D eigenvalue weighted by atomic mass is 16.7. The van der Waals surface area contributed by atoms with Gasteiger partial charge in [0.05, 0.1) is 12.1 Å². The van der Waals surface area contributed by atoms with E-state index in [4.69, 9.17) is 14.2 Å². The van der Waals surface area contributed by atoms with E-state index in [1.54, 1.807) is 19.2 Å². The van der Waals surface area contributed by atoms with Crippen LogP contribution in [-0.4, -0.2) is 22.5 Å². The summed E-state index contributed by atoms with van der Waals surface area (Å²) in [6.07, 6.45) is 3.95. The highest BCUT2D eigenvalue weighted by Crippen LogP contribution is 2.25. The second-order valence-corrected chi connectivity index (χ2v) is 3.93. The van der Waals surface area contributed by atoms with Gasteiger partial charge >= 0.3 is 5.97 Å². The van der Waals surface area contributed by atoms with Crippen LogP contribution in [0.5, 0.6) is 0 Å². The van der Waals surface area contributed by atoms with Crippen LogP contribution in [0.3, 0.4) is 0 Å². The van der Waals surface area contributed by atoms with E-state index >= 15 is 0 Å². The summed E-state index contributed by atoms with van der Waals surface area (Å²) in [7, 11) is 0. The molecule has 1 aliphatic heterocycles. The zero-order valence-corrected chi connectivity index (χ0v) is 10.3. The molecule has 0 saturated heterocycles. The molecule has 0 saturated carbocycles. The highest BCUT2D eigenvalue weighted by molar-refractivity contribution is 6.02. The number of ether oxygens (including phenoxy) is 3. The normalized spacial score (nSPS) is 14.4. The first-order chi connectivity index (χ1) is 9.29. The number of H-pyrrole nitrogens is 1. The third-order valence-corrected chi connectivity index (χ3v) is 2.74. The molecule has 1 aliphatic rings. The fourth-order valence-corrected chi connectivity index (χ4v) is 1.89. The molecular formula is C13H12N2O4. The van der Waals surface area contributed by atoms with Crippen LogP contribution in [0.2, 0.25) is 0 Å². The lowest BCUT2D eigenvalue weighted by Gasteiger charge is -2.09. The van der Waals surface area contributed by atoms with Gasteiger partial charge < -0.3 is 19.2 Å². The van der Waals surface area contributed by atoms with Gasteiger partial charge in [-0.05, 0) is 19.1 Å². The molecule has 0 unspecified atom stereocenters. The van der Waals surface area contributed by atoms with E-state index in [2.05, 4.69) is 9.97 Å². The molecule has 0 spiro atoms. The maximum absolute atomic E-state index is 11.8. The minimum Gasteiger partial charge on any atom is -0.462 e. The number of hydrogen-bond acceptors (Lipinski definition) is 5. The van der Waals surface area contributed by atoms with Gasteiger partial charge in [-0.2, -0.15) is 0 Å². The first-order valence-corrected chi connectivity index (χ1v) is 5.90. The summed E-state index contributed by atoms with van der Waals surface area (Å²) in [6, 6.07) is 3.61. The molecule has 1 N–H and O–H groups in total. The molecule has 6 nitrogen and oxygen atoms in total. The Morgan fingerprint density at radius 2 is 2.21 bits per heavy atom. The second kappa shape index (κ2) is 4.64. The van der Waals surface area contributed by atoms with Gasteiger partial charge in [0.15, 0.2) is 0 Å². The number of hydrogen-bond donors (Lipinski definition) is 1. The van der Waals surface area contributed by atoms with Gasteiger partial charge in [0.2, 0.25) is 0 Å². The Labute approximate surface area is 109 Å². The van der Waals surface area contributed by atoms with Crippen molar-refractivity contribution in [3.05, 3.63) is 42.1 Å². The molecule has 0 aromatic carbocycles. The molecule has 6 heteroatoms. The smallest absolute Gasteiger partial charge is 0.341 e. The van der Waals surface area contributed by atoms with Crippen molar-refractivity contribution < 1.29 is 19.0 Å². The van der Waals surface area contributed by atoms with E-state index in [1.807, 2.05) is 6.07 Å². The third kappa shape index (κ3) is 2.01. The lowest BCUT2D eigenvalue weighted by molar-refractivity contribution is -0.0277. The summed E-state index contributed by atoms with van der Waals surface area (Å²) in [6.45, 7) is 2.08. The van der Waals surface area contributed by atoms with Crippen LogP contribution >= 0.6 is 0 Å². The molecule has 0 atom stereocenters. The topological polar surface area (TPSA) is 73.4 Å². The number of fused-ring (bicyclic) bond motifs is 1. The van der Waals surface area contributed by atoms with Gasteiger partial charge in [-0.25, -0.2) is 9.78 Å². The molecule has 0 amide bonds.